The molecule has 1 heterocycles. The molecule has 0 fully saturated rings. The van der Waals surface area contributed by atoms with Gasteiger partial charge < -0.3 is 4.74 Å². The highest BCUT2D eigenvalue weighted by atomic mass is 79.9. The molecule has 3 aromatic carbocycles. The number of benzene rings is 3. The van der Waals surface area contributed by atoms with Gasteiger partial charge in [-0.2, -0.15) is 14.9 Å². The fraction of sp³-hybridized carbons (Fsp3) is 0.0952. The van der Waals surface area contributed by atoms with E-state index in [4.69, 9.17) is 17.0 Å². The SMILES string of the molecule is Cc1n[nH]c(=S)n1/N=C\c1ccc(OCc2cccc3ccccc23)c(Br)c1. The fourth-order valence-corrected chi connectivity index (χ4v) is 3.65. The van der Waals surface area contributed by atoms with Gasteiger partial charge in [-0.3, -0.25) is 5.10 Å². The molecule has 28 heavy (non-hydrogen) atoms. The Morgan fingerprint density at radius 1 is 1.18 bits per heavy atom. The third-order valence-corrected chi connectivity index (χ3v) is 5.24. The van der Waals surface area contributed by atoms with E-state index in [1.165, 1.54) is 10.8 Å². The summed E-state index contributed by atoms with van der Waals surface area (Å²) in [6.07, 6.45) is 1.73. The van der Waals surface area contributed by atoms with Crippen LogP contribution in [0.2, 0.25) is 0 Å². The van der Waals surface area contributed by atoms with Crippen molar-refractivity contribution in [3.8, 4) is 5.75 Å². The van der Waals surface area contributed by atoms with Gasteiger partial charge in [-0.15, -0.1) is 0 Å². The molecule has 0 atom stereocenters. The summed E-state index contributed by atoms with van der Waals surface area (Å²) in [7, 11) is 0. The third-order valence-electron chi connectivity index (χ3n) is 4.35. The first-order valence-corrected chi connectivity index (χ1v) is 9.89. The van der Waals surface area contributed by atoms with E-state index >= 15 is 0 Å². The molecule has 0 saturated carbocycles. The summed E-state index contributed by atoms with van der Waals surface area (Å²) in [5.74, 6) is 1.48. The second kappa shape index (κ2) is 8.08. The van der Waals surface area contributed by atoms with Crippen LogP contribution in [0.4, 0.5) is 0 Å². The predicted molar refractivity (Wildman–Crippen MR) is 118 cm³/mol. The molecule has 0 bridgehead atoms. The number of halogens is 1. The zero-order valence-corrected chi connectivity index (χ0v) is 17.5. The van der Waals surface area contributed by atoms with Crippen LogP contribution in [-0.2, 0) is 6.61 Å². The van der Waals surface area contributed by atoms with E-state index in [2.05, 4.69) is 61.6 Å². The smallest absolute Gasteiger partial charge is 0.216 e. The maximum Gasteiger partial charge on any atom is 0.216 e. The maximum absolute atomic E-state index is 6.05. The summed E-state index contributed by atoms with van der Waals surface area (Å²) < 4.78 is 8.95. The van der Waals surface area contributed by atoms with Gasteiger partial charge in [0.05, 0.1) is 10.7 Å². The summed E-state index contributed by atoms with van der Waals surface area (Å²) in [6, 6.07) is 20.4. The van der Waals surface area contributed by atoms with Crippen molar-refractivity contribution in [1.29, 1.82) is 0 Å². The normalized spacial score (nSPS) is 11.4. The molecule has 0 aliphatic rings. The first kappa shape index (κ1) is 18.6. The second-order valence-corrected chi connectivity index (χ2v) is 7.49. The van der Waals surface area contributed by atoms with Crippen LogP contribution < -0.4 is 4.74 Å². The molecular weight excluding hydrogens is 436 g/mol. The zero-order chi connectivity index (χ0) is 19.5. The van der Waals surface area contributed by atoms with E-state index in [0.29, 0.717) is 17.2 Å². The number of ether oxygens (including phenoxy) is 1. The number of nitrogens with one attached hydrogen (secondary N) is 1. The third kappa shape index (κ3) is 3.90. The molecule has 0 unspecified atom stereocenters. The number of fused-ring (bicyclic) bond motifs is 1. The van der Waals surface area contributed by atoms with E-state index in [1.54, 1.807) is 10.9 Å². The van der Waals surface area contributed by atoms with Crippen molar-refractivity contribution in [1.82, 2.24) is 14.9 Å². The van der Waals surface area contributed by atoms with Gasteiger partial charge in [0.25, 0.3) is 0 Å². The number of hydrogen-bond acceptors (Lipinski definition) is 4. The Morgan fingerprint density at radius 2 is 2.00 bits per heavy atom. The highest BCUT2D eigenvalue weighted by Crippen LogP contribution is 2.27. The van der Waals surface area contributed by atoms with Crippen molar-refractivity contribution >= 4 is 45.1 Å². The topological polar surface area (TPSA) is 55.2 Å². The molecule has 0 aliphatic heterocycles. The summed E-state index contributed by atoms with van der Waals surface area (Å²) in [5, 5.41) is 13.5. The lowest BCUT2D eigenvalue weighted by molar-refractivity contribution is 0.305. The van der Waals surface area contributed by atoms with Crippen molar-refractivity contribution in [2.24, 2.45) is 5.10 Å². The van der Waals surface area contributed by atoms with E-state index < -0.39 is 0 Å². The first-order valence-electron chi connectivity index (χ1n) is 8.69. The van der Waals surface area contributed by atoms with Gasteiger partial charge in [-0.1, -0.05) is 42.5 Å². The molecule has 4 rings (SSSR count). The molecule has 5 nitrogen and oxygen atoms in total. The number of aromatic nitrogens is 3. The lowest BCUT2D eigenvalue weighted by atomic mass is 10.1. The first-order chi connectivity index (χ1) is 13.6. The second-order valence-electron chi connectivity index (χ2n) is 6.25. The Bertz CT molecular complexity index is 1220. The average molecular weight is 453 g/mol. The van der Waals surface area contributed by atoms with Crippen LogP contribution in [0.5, 0.6) is 5.75 Å². The average Bonchev–Trinajstić information content (AvgIpc) is 3.03. The number of rotatable bonds is 5. The van der Waals surface area contributed by atoms with Gasteiger partial charge in [0.1, 0.15) is 18.2 Å². The predicted octanol–water partition coefficient (Wildman–Crippen LogP) is 5.63. The summed E-state index contributed by atoms with van der Waals surface area (Å²) in [6.45, 7) is 2.33. The van der Waals surface area contributed by atoms with Crippen molar-refractivity contribution in [2.45, 2.75) is 13.5 Å². The van der Waals surface area contributed by atoms with Crippen LogP contribution >= 0.6 is 28.1 Å². The highest BCUT2D eigenvalue weighted by Gasteiger charge is 2.05. The largest absolute Gasteiger partial charge is 0.488 e. The molecule has 7 heteroatoms. The van der Waals surface area contributed by atoms with Gasteiger partial charge in [-0.25, -0.2) is 0 Å². The molecule has 0 aliphatic carbocycles. The quantitative estimate of drug-likeness (QED) is 0.315. The molecule has 0 amide bonds. The standard InChI is InChI=1S/C21H17BrN4OS/c1-14-24-25-21(28)26(14)23-12-15-9-10-20(19(22)11-15)27-13-17-7-4-6-16-5-2-3-8-18(16)17/h2-12H,13H2,1H3,(H,25,28)/b23-12-. The molecule has 140 valence electrons. The Balaban J connectivity index is 1.51. The lowest BCUT2D eigenvalue weighted by Gasteiger charge is -2.11. The van der Waals surface area contributed by atoms with E-state index in [-0.39, 0.29) is 0 Å². The molecule has 0 saturated heterocycles. The van der Waals surface area contributed by atoms with Gasteiger partial charge in [0.15, 0.2) is 0 Å². The van der Waals surface area contributed by atoms with Gasteiger partial charge in [0, 0.05) is 0 Å². The number of aryl methyl sites for hydroxylation is 1. The maximum atomic E-state index is 6.05. The molecule has 4 aromatic rings. The summed E-state index contributed by atoms with van der Waals surface area (Å²) in [5.41, 5.74) is 2.08. The van der Waals surface area contributed by atoms with Crippen molar-refractivity contribution < 1.29 is 4.74 Å². The van der Waals surface area contributed by atoms with Crippen molar-refractivity contribution in [2.75, 3.05) is 0 Å². The molecule has 1 aromatic heterocycles. The van der Waals surface area contributed by atoms with Crippen LogP contribution in [-0.4, -0.2) is 21.1 Å². The van der Waals surface area contributed by atoms with E-state index in [1.807, 2.05) is 37.3 Å². The minimum atomic E-state index is 0.461. The van der Waals surface area contributed by atoms with Gasteiger partial charge in [0.2, 0.25) is 4.77 Å². The molecule has 1 N–H and O–H groups in total. The highest BCUT2D eigenvalue weighted by molar-refractivity contribution is 9.10. The minimum Gasteiger partial charge on any atom is -0.488 e. The van der Waals surface area contributed by atoms with Crippen LogP contribution in [0.25, 0.3) is 10.8 Å². The minimum absolute atomic E-state index is 0.461. The summed E-state index contributed by atoms with van der Waals surface area (Å²) in [4.78, 5) is 0. The van der Waals surface area contributed by atoms with E-state index in [0.717, 1.165) is 21.3 Å². The fourth-order valence-electron chi connectivity index (χ4n) is 2.92. The van der Waals surface area contributed by atoms with Crippen molar-refractivity contribution in [3.63, 3.8) is 0 Å². The van der Waals surface area contributed by atoms with Crippen LogP contribution in [0.1, 0.15) is 17.0 Å². The van der Waals surface area contributed by atoms with Crippen LogP contribution in [0.15, 0.2) is 70.2 Å². The van der Waals surface area contributed by atoms with Crippen molar-refractivity contribution in [3.05, 3.63) is 86.9 Å². The van der Waals surface area contributed by atoms with Gasteiger partial charge in [-0.05, 0) is 75.2 Å². The lowest BCUT2D eigenvalue weighted by Crippen LogP contribution is -1.98. The Hall–Kier alpha value is -2.77. The number of hydrogen-bond donors (Lipinski definition) is 1. The monoisotopic (exact) mass is 452 g/mol. The molecular formula is C21H17BrN4OS. The Kier molecular flexibility index (Phi) is 5.36. The van der Waals surface area contributed by atoms with E-state index in [9.17, 15) is 0 Å². The molecule has 0 spiro atoms. The number of nitrogens with zero attached hydrogens (tertiary/aromatic N) is 3. The number of H-pyrrole nitrogens is 1. The number of aromatic amines is 1. The zero-order valence-electron chi connectivity index (χ0n) is 15.1. The van der Waals surface area contributed by atoms with Crippen LogP contribution in [0, 0.1) is 11.7 Å². The molecule has 0 radical (unpaired) electrons. The van der Waals surface area contributed by atoms with Crippen LogP contribution in [0.3, 0.4) is 0 Å². The Morgan fingerprint density at radius 3 is 2.79 bits per heavy atom. The summed E-state index contributed by atoms with van der Waals surface area (Å²) >= 11 is 8.74. The van der Waals surface area contributed by atoms with Gasteiger partial charge >= 0.3 is 0 Å². The Labute approximate surface area is 175 Å².